The van der Waals surface area contributed by atoms with Gasteiger partial charge in [0.15, 0.2) is 5.76 Å². The van der Waals surface area contributed by atoms with Crippen LogP contribution < -0.4 is 10.9 Å². The van der Waals surface area contributed by atoms with E-state index in [9.17, 15) is 14.0 Å². The highest BCUT2D eigenvalue weighted by atomic mass is 19.1. The Bertz CT molecular complexity index is 1170. The van der Waals surface area contributed by atoms with E-state index in [4.69, 9.17) is 4.52 Å². The lowest BCUT2D eigenvalue weighted by Crippen LogP contribution is -2.41. The molecular weight excluding hydrogens is 361 g/mol. The third-order valence-corrected chi connectivity index (χ3v) is 4.18. The van der Waals surface area contributed by atoms with Gasteiger partial charge in [-0.15, -0.1) is 0 Å². The van der Waals surface area contributed by atoms with Gasteiger partial charge in [0.05, 0.1) is 10.9 Å². The summed E-state index contributed by atoms with van der Waals surface area (Å²) in [4.78, 5) is 24.4. The maximum atomic E-state index is 13.6. The van der Waals surface area contributed by atoms with E-state index in [1.54, 1.807) is 18.2 Å². The summed E-state index contributed by atoms with van der Waals surface area (Å²) in [6.45, 7) is 0. The lowest BCUT2D eigenvalue weighted by Gasteiger charge is -2.08. The molecule has 0 spiro atoms. The summed E-state index contributed by atoms with van der Waals surface area (Å²) in [5, 5.41) is 4.67. The van der Waals surface area contributed by atoms with E-state index >= 15 is 0 Å². The van der Waals surface area contributed by atoms with Gasteiger partial charge in [-0.2, -0.15) is 0 Å². The molecule has 3 aromatic carbocycles. The summed E-state index contributed by atoms with van der Waals surface area (Å²) in [5.74, 6) is -1.43. The summed E-state index contributed by atoms with van der Waals surface area (Å²) in [6, 6.07) is 19.7. The molecule has 0 bridgehead atoms. The molecule has 0 fully saturated rings. The van der Waals surface area contributed by atoms with Gasteiger partial charge in [-0.3, -0.25) is 20.4 Å². The molecule has 0 aliphatic heterocycles. The molecule has 28 heavy (non-hydrogen) atoms. The zero-order valence-corrected chi connectivity index (χ0v) is 14.5. The molecule has 2 N–H and O–H groups in total. The summed E-state index contributed by atoms with van der Waals surface area (Å²) in [6.07, 6.45) is 0. The number of nitrogens with one attached hydrogen (secondary N) is 2. The number of aromatic nitrogens is 1. The minimum atomic E-state index is -0.748. The molecule has 0 aliphatic carbocycles. The molecule has 2 amide bonds. The Labute approximate surface area is 158 Å². The van der Waals surface area contributed by atoms with Gasteiger partial charge in [0.1, 0.15) is 11.3 Å². The highest BCUT2D eigenvalue weighted by molar-refractivity contribution is 6.02. The molecule has 1 heterocycles. The van der Waals surface area contributed by atoms with Crippen molar-refractivity contribution in [2.45, 2.75) is 0 Å². The zero-order valence-electron chi connectivity index (χ0n) is 14.5. The first-order valence-electron chi connectivity index (χ1n) is 8.43. The second kappa shape index (κ2) is 7.32. The standard InChI is InChI=1S/C21H14FN3O3/c22-17-9-5-4-8-15(17)21(27)24-23-20(26)14-10-11-18-16(12-14)19(28-25-18)13-6-2-1-3-7-13/h1-12H,(H,23,26)(H,24,27). The lowest BCUT2D eigenvalue weighted by molar-refractivity contribution is 0.0844. The summed E-state index contributed by atoms with van der Waals surface area (Å²) >= 11 is 0. The average molecular weight is 375 g/mol. The lowest BCUT2D eigenvalue weighted by atomic mass is 10.1. The second-order valence-electron chi connectivity index (χ2n) is 6.00. The first kappa shape index (κ1) is 17.4. The number of rotatable bonds is 3. The molecule has 0 aliphatic rings. The molecule has 0 radical (unpaired) electrons. The Balaban J connectivity index is 1.55. The molecule has 138 valence electrons. The predicted octanol–water partition coefficient (Wildman–Crippen LogP) is 3.71. The molecule has 7 heteroatoms. The number of nitrogens with zero attached hydrogens (tertiary/aromatic N) is 1. The highest BCUT2D eigenvalue weighted by Gasteiger charge is 2.15. The fourth-order valence-electron chi connectivity index (χ4n) is 2.78. The molecule has 0 saturated heterocycles. The van der Waals surface area contributed by atoms with Crippen LogP contribution in [0.5, 0.6) is 0 Å². The summed E-state index contributed by atoms with van der Waals surface area (Å²) in [7, 11) is 0. The minimum Gasteiger partial charge on any atom is -0.355 e. The molecule has 0 saturated carbocycles. The van der Waals surface area contributed by atoms with Crippen molar-refractivity contribution in [1.29, 1.82) is 0 Å². The Hall–Kier alpha value is -4.00. The number of amides is 2. The summed E-state index contributed by atoms with van der Waals surface area (Å²) in [5.41, 5.74) is 6.05. The van der Waals surface area contributed by atoms with Gasteiger partial charge in [-0.25, -0.2) is 4.39 Å². The van der Waals surface area contributed by atoms with Crippen LogP contribution in [0.3, 0.4) is 0 Å². The largest absolute Gasteiger partial charge is 0.355 e. The highest BCUT2D eigenvalue weighted by Crippen LogP contribution is 2.29. The first-order chi connectivity index (χ1) is 13.6. The second-order valence-corrected chi connectivity index (χ2v) is 6.00. The van der Waals surface area contributed by atoms with Gasteiger partial charge < -0.3 is 4.52 Å². The van der Waals surface area contributed by atoms with Gasteiger partial charge >= 0.3 is 0 Å². The third-order valence-electron chi connectivity index (χ3n) is 4.18. The Kier molecular flexibility index (Phi) is 4.55. The molecule has 6 nitrogen and oxygen atoms in total. The molecule has 4 rings (SSSR count). The number of halogens is 1. The van der Waals surface area contributed by atoms with Crippen molar-refractivity contribution in [2.24, 2.45) is 0 Å². The topological polar surface area (TPSA) is 84.2 Å². The molecule has 0 atom stereocenters. The molecule has 0 unspecified atom stereocenters. The van der Waals surface area contributed by atoms with E-state index in [0.717, 1.165) is 5.56 Å². The van der Waals surface area contributed by atoms with Crippen molar-refractivity contribution in [2.75, 3.05) is 0 Å². The molecule has 4 aromatic rings. The van der Waals surface area contributed by atoms with E-state index < -0.39 is 17.6 Å². The van der Waals surface area contributed by atoms with Gasteiger partial charge in [-0.05, 0) is 30.3 Å². The fourth-order valence-corrected chi connectivity index (χ4v) is 2.78. The Morgan fingerprint density at radius 1 is 0.857 bits per heavy atom. The normalized spacial score (nSPS) is 10.6. The van der Waals surface area contributed by atoms with Crippen LogP contribution in [-0.4, -0.2) is 17.0 Å². The Morgan fingerprint density at radius 3 is 2.36 bits per heavy atom. The van der Waals surface area contributed by atoms with Crippen LogP contribution in [0, 0.1) is 5.82 Å². The van der Waals surface area contributed by atoms with Gasteiger partial charge in [-0.1, -0.05) is 47.6 Å². The fraction of sp³-hybridized carbons (Fsp3) is 0. The van der Waals surface area contributed by atoms with Crippen molar-refractivity contribution in [1.82, 2.24) is 16.0 Å². The van der Waals surface area contributed by atoms with Crippen LogP contribution in [-0.2, 0) is 0 Å². The number of carbonyl (C=O) groups excluding carboxylic acids is 2. The van der Waals surface area contributed by atoms with Gasteiger partial charge in [0.25, 0.3) is 11.8 Å². The number of hydrazine groups is 1. The third kappa shape index (κ3) is 3.33. The van der Waals surface area contributed by atoms with Crippen LogP contribution in [0.2, 0.25) is 0 Å². The maximum absolute atomic E-state index is 13.6. The van der Waals surface area contributed by atoms with E-state index in [-0.39, 0.29) is 5.56 Å². The Morgan fingerprint density at radius 2 is 1.57 bits per heavy atom. The SMILES string of the molecule is O=C(NNC(=O)c1ccccc1F)c1ccc2noc(-c3ccccc3)c2c1. The van der Waals surface area contributed by atoms with Crippen molar-refractivity contribution in [3.05, 3.63) is 89.7 Å². The van der Waals surface area contributed by atoms with E-state index in [1.165, 1.54) is 24.3 Å². The zero-order chi connectivity index (χ0) is 19.5. The number of hydrogen-bond acceptors (Lipinski definition) is 4. The van der Waals surface area contributed by atoms with Crippen LogP contribution in [0.4, 0.5) is 4.39 Å². The predicted molar refractivity (Wildman–Crippen MR) is 101 cm³/mol. The number of fused-ring (bicyclic) bond motifs is 1. The van der Waals surface area contributed by atoms with Crippen LogP contribution in [0.1, 0.15) is 20.7 Å². The summed E-state index contributed by atoms with van der Waals surface area (Å²) < 4.78 is 19.1. The van der Waals surface area contributed by atoms with Gasteiger partial charge in [0.2, 0.25) is 0 Å². The van der Waals surface area contributed by atoms with Crippen molar-refractivity contribution in [3.63, 3.8) is 0 Å². The first-order valence-corrected chi connectivity index (χ1v) is 8.43. The van der Waals surface area contributed by atoms with E-state index in [1.807, 2.05) is 30.3 Å². The van der Waals surface area contributed by atoms with Crippen molar-refractivity contribution < 1.29 is 18.5 Å². The maximum Gasteiger partial charge on any atom is 0.272 e. The van der Waals surface area contributed by atoms with Gasteiger partial charge in [0, 0.05) is 11.1 Å². The number of benzene rings is 3. The quantitative estimate of drug-likeness (QED) is 0.535. The minimum absolute atomic E-state index is 0.163. The van der Waals surface area contributed by atoms with Crippen LogP contribution >= 0.6 is 0 Å². The smallest absolute Gasteiger partial charge is 0.272 e. The van der Waals surface area contributed by atoms with E-state index in [2.05, 4.69) is 16.0 Å². The molecular formula is C21H14FN3O3. The monoisotopic (exact) mass is 375 g/mol. The van der Waals surface area contributed by atoms with Crippen LogP contribution in [0.25, 0.3) is 22.2 Å². The van der Waals surface area contributed by atoms with Crippen molar-refractivity contribution in [3.8, 4) is 11.3 Å². The molecule has 1 aromatic heterocycles. The number of carbonyl (C=O) groups is 2. The van der Waals surface area contributed by atoms with Crippen LogP contribution in [0.15, 0.2) is 77.3 Å². The van der Waals surface area contributed by atoms with E-state index in [0.29, 0.717) is 22.2 Å². The average Bonchev–Trinajstić information content (AvgIpc) is 3.16. The number of hydrogen-bond donors (Lipinski definition) is 2. The van der Waals surface area contributed by atoms with Crippen molar-refractivity contribution >= 4 is 22.7 Å².